The van der Waals surface area contributed by atoms with Gasteiger partial charge in [-0.2, -0.15) is 0 Å². The van der Waals surface area contributed by atoms with Gasteiger partial charge in [-0.1, -0.05) is 181 Å². The summed E-state index contributed by atoms with van der Waals surface area (Å²) < 4.78 is 0. The Morgan fingerprint density at radius 1 is 0.780 bits per heavy atom. The molecule has 0 spiro atoms. The molecular weight excluding hydrogens is 492 g/mol. The molecule has 0 N–H and O–H groups in total. The molecular formula is C41H90. The molecule has 1 aliphatic rings. The summed E-state index contributed by atoms with van der Waals surface area (Å²) in [7, 11) is 0. The second-order valence-electron chi connectivity index (χ2n) is 11.8. The lowest BCUT2D eigenvalue weighted by Crippen LogP contribution is -2.22. The van der Waals surface area contributed by atoms with Crippen LogP contribution in [0.4, 0.5) is 0 Å². The summed E-state index contributed by atoms with van der Waals surface area (Å²) in [5, 5.41) is 0. The SMILES string of the molecule is C.C.CC.CC.CC.CC/C=C(/C)C(C)C.CCCCC(CC)C(CCCC)C1=CC(C(C)CCC(C)C)CCC1. The van der Waals surface area contributed by atoms with Crippen LogP contribution in [0.2, 0.25) is 0 Å². The van der Waals surface area contributed by atoms with Crippen molar-refractivity contribution in [3.05, 3.63) is 23.3 Å². The molecule has 0 nitrogen and oxygen atoms in total. The van der Waals surface area contributed by atoms with E-state index >= 15 is 0 Å². The summed E-state index contributed by atoms with van der Waals surface area (Å²) in [4.78, 5) is 0. The Bertz CT molecular complexity index is 506. The van der Waals surface area contributed by atoms with E-state index in [4.69, 9.17) is 0 Å². The molecule has 1 rings (SSSR count). The molecule has 0 aromatic rings. The highest BCUT2D eigenvalue weighted by Crippen LogP contribution is 2.40. The van der Waals surface area contributed by atoms with E-state index in [0.717, 1.165) is 35.5 Å². The minimum Gasteiger partial charge on any atom is -0.0856 e. The highest BCUT2D eigenvalue weighted by Gasteiger charge is 2.27. The fourth-order valence-corrected chi connectivity index (χ4v) is 5.41. The van der Waals surface area contributed by atoms with Crippen LogP contribution in [0.5, 0.6) is 0 Å². The fourth-order valence-electron chi connectivity index (χ4n) is 5.41. The average molecular weight is 583 g/mol. The molecule has 0 aromatic heterocycles. The molecule has 0 aromatic carbocycles. The molecule has 0 radical (unpaired) electrons. The molecule has 0 bridgehead atoms. The van der Waals surface area contributed by atoms with Crippen LogP contribution < -0.4 is 0 Å². The summed E-state index contributed by atoms with van der Waals surface area (Å²) in [6, 6.07) is 0. The third-order valence-corrected chi connectivity index (χ3v) is 8.16. The van der Waals surface area contributed by atoms with Gasteiger partial charge in [-0.15, -0.1) is 0 Å². The van der Waals surface area contributed by atoms with Crippen LogP contribution in [0.1, 0.15) is 209 Å². The van der Waals surface area contributed by atoms with Gasteiger partial charge in [0.05, 0.1) is 0 Å². The van der Waals surface area contributed by atoms with Crippen LogP contribution >= 0.6 is 0 Å². The van der Waals surface area contributed by atoms with Crippen LogP contribution in [0, 0.1) is 35.5 Å². The minimum atomic E-state index is 0. The molecule has 0 amide bonds. The monoisotopic (exact) mass is 583 g/mol. The molecule has 0 saturated heterocycles. The standard InChI is InChI=1S/C25H48.C8H16.3C2H6.2CH4/c1-7-10-13-22(9-3)25(16-11-8-2)24-15-12-14-23(19-24)21(6)18-17-20(4)5;1-5-6-8(4)7(2)3;3*1-2;;/h19-23,25H,7-18H2,1-6H3;6-7H,5H2,1-4H3;3*1-2H3;2*1H4/b;8-6-;;;;;. The Labute approximate surface area is 267 Å². The van der Waals surface area contributed by atoms with Gasteiger partial charge >= 0.3 is 0 Å². The highest BCUT2D eigenvalue weighted by atomic mass is 14.3. The highest BCUT2D eigenvalue weighted by molar-refractivity contribution is 5.14. The fraction of sp³-hybridized carbons (Fsp3) is 0.902. The molecule has 1 aliphatic carbocycles. The van der Waals surface area contributed by atoms with Crippen molar-refractivity contribution >= 4 is 0 Å². The average Bonchev–Trinajstić information content (AvgIpc) is 2.97. The summed E-state index contributed by atoms with van der Waals surface area (Å²) in [6.07, 6.45) is 23.1. The van der Waals surface area contributed by atoms with Crippen LogP contribution in [-0.2, 0) is 0 Å². The molecule has 0 aliphatic heterocycles. The number of hydrogen-bond acceptors (Lipinski definition) is 0. The van der Waals surface area contributed by atoms with Gasteiger partial charge in [0.25, 0.3) is 0 Å². The Morgan fingerprint density at radius 3 is 1.68 bits per heavy atom. The Morgan fingerprint density at radius 2 is 1.29 bits per heavy atom. The van der Waals surface area contributed by atoms with E-state index in [1.807, 2.05) is 47.1 Å². The third kappa shape index (κ3) is 29.3. The van der Waals surface area contributed by atoms with Gasteiger partial charge in [0.15, 0.2) is 0 Å². The lowest BCUT2D eigenvalue weighted by atomic mass is 9.71. The molecule has 4 atom stereocenters. The molecule has 0 fully saturated rings. The van der Waals surface area contributed by atoms with Crippen LogP contribution in [0.3, 0.4) is 0 Å². The maximum atomic E-state index is 2.78. The van der Waals surface area contributed by atoms with Crippen LogP contribution in [-0.4, -0.2) is 0 Å². The molecule has 0 heterocycles. The van der Waals surface area contributed by atoms with Gasteiger partial charge in [-0.3, -0.25) is 0 Å². The molecule has 254 valence electrons. The van der Waals surface area contributed by atoms with Crippen molar-refractivity contribution in [1.29, 1.82) is 0 Å². The second-order valence-corrected chi connectivity index (χ2v) is 11.8. The van der Waals surface area contributed by atoms with Gasteiger partial charge in [0.1, 0.15) is 0 Å². The minimum absolute atomic E-state index is 0. The van der Waals surface area contributed by atoms with Gasteiger partial charge < -0.3 is 0 Å². The third-order valence-electron chi connectivity index (χ3n) is 8.16. The van der Waals surface area contributed by atoms with Crippen molar-refractivity contribution in [3.63, 3.8) is 0 Å². The smallest absolute Gasteiger partial charge is 0.0175 e. The van der Waals surface area contributed by atoms with Gasteiger partial charge in [0.2, 0.25) is 0 Å². The summed E-state index contributed by atoms with van der Waals surface area (Å²) in [5.74, 6) is 5.13. The number of hydrogen-bond donors (Lipinski definition) is 0. The molecule has 0 saturated carbocycles. The zero-order chi connectivity index (χ0) is 31.2. The lowest BCUT2D eigenvalue weighted by Gasteiger charge is -2.34. The second kappa shape index (κ2) is 39.5. The van der Waals surface area contributed by atoms with Crippen LogP contribution in [0.25, 0.3) is 0 Å². The van der Waals surface area contributed by atoms with Crippen molar-refractivity contribution in [2.75, 3.05) is 0 Å². The number of rotatable bonds is 15. The first-order valence-electron chi connectivity index (χ1n) is 18.1. The van der Waals surface area contributed by atoms with Crippen molar-refractivity contribution in [1.82, 2.24) is 0 Å². The van der Waals surface area contributed by atoms with Crippen molar-refractivity contribution < 1.29 is 0 Å². The Balaban J connectivity index is -0.000000162. The molecule has 41 heavy (non-hydrogen) atoms. The van der Waals surface area contributed by atoms with Gasteiger partial charge in [0, 0.05) is 0 Å². The van der Waals surface area contributed by atoms with E-state index in [0.29, 0.717) is 0 Å². The van der Waals surface area contributed by atoms with E-state index in [1.54, 1.807) is 0 Å². The summed E-state index contributed by atoms with van der Waals surface area (Å²) in [6.45, 7) is 35.2. The molecule has 0 heteroatoms. The summed E-state index contributed by atoms with van der Waals surface area (Å²) in [5.41, 5.74) is 3.37. The topological polar surface area (TPSA) is 0 Å². The normalized spacial score (nSPS) is 16.3. The quantitative estimate of drug-likeness (QED) is 0.168. The summed E-state index contributed by atoms with van der Waals surface area (Å²) >= 11 is 0. The van der Waals surface area contributed by atoms with Gasteiger partial charge in [-0.25, -0.2) is 0 Å². The van der Waals surface area contributed by atoms with E-state index in [9.17, 15) is 0 Å². The number of unbranched alkanes of at least 4 members (excludes halogenated alkanes) is 2. The first-order chi connectivity index (χ1) is 18.7. The lowest BCUT2D eigenvalue weighted by molar-refractivity contribution is 0.282. The van der Waals surface area contributed by atoms with E-state index in [2.05, 4.69) is 81.4 Å². The zero-order valence-corrected chi connectivity index (χ0v) is 30.8. The van der Waals surface area contributed by atoms with E-state index in [1.165, 1.54) is 89.0 Å². The Kier molecular flexibility index (Phi) is 51.1. The van der Waals surface area contributed by atoms with E-state index < -0.39 is 0 Å². The first kappa shape index (κ1) is 53.1. The number of allylic oxidation sites excluding steroid dienone is 4. The van der Waals surface area contributed by atoms with Gasteiger partial charge in [-0.05, 0) is 87.4 Å². The van der Waals surface area contributed by atoms with Crippen LogP contribution in [0.15, 0.2) is 23.3 Å². The van der Waals surface area contributed by atoms with Crippen molar-refractivity contribution in [2.24, 2.45) is 35.5 Å². The Hall–Kier alpha value is -0.520. The van der Waals surface area contributed by atoms with Crippen molar-refractivity contribution in [3.8, 4) is 0 Å². The van der Waals surface area contributed by atoms with Crippen molar-refractivity contribution in [2.45, 2.75) is 209 Å². The predicted octanol–water partition coefficient (Wildman–Crippen LogP) is 16.2. The zero-order valence-electron chi connectivity index (χ0n) is 30.8. The largest absolute Gasteiger partial charge is 0.0856 e. The predicted molar refractivity (Wildman–Crippen MR) is 201 cm³/mol. The maximum Gasteiger partial charge on any atom is -0.0175 e. The van der Waals surface area contributed by atoms with E-state index in [-0.39, 0.29) is 14.9 Å². The molecule has 4 unspecified atom stereocenters. The maximum absolute atomic E-state index is 2.78. The first-order valence-corrected chi connectivity index (χ1v) is 18.1.